The summed E-state index contributed by atoms with van der Waals surface area (Å²) in [6, 6.07) is 6.66. The van der Waals surface area contributed by atoms with Gasteiger partial charge in [-0.05, 0) is 91.7 Å². The van der Waals surface area contributed by atoms with Gasteiger partial charge < -0.3 is 9.84 Å². The molecule has 3 aliphatic carbocycles. The fourth-order valence-corrected chi connectivity index (χ4v) is 6.64. The fraction of sp³-hybridized carbons (Fsp3) is 0.560. The van der Waals surface area contributed by atoms with Crippen molar-refractivity contribution in [2.75, 3.05) is 7.11 Å². The van der Waals surface area contributed by atoms with Crippen LogP contribution in [0.15, 0.2) is 30.0 Å². The maximum atomic E-state index is 11.3. The molecule has 0 bridgehead atoms. The quantitative estimate of drug-likeness (QED) is 0.809. The molecule has 4 heteroatoms. The molecule has 0 spiro atoms. The molecule has 5 atom stereocenters. The van der Waals surface area contributed by atoms with E-state index in [2.05, 4.69) is 42.5 Å². The van der Waals surface area contributed by atoms with Crippen molar-refractivity contribution in [1.82, 2.24) is 9.78 Å². The Morgan fingerprint density at radius 1 is 1.31 bits per heavy atom. The van der Waals surface area contributed by atoms with E-state index in [1.807, 2.05) is 18.7 Å². The van der Waals surface area contributed by atoms with E-state index in [1.54, 1.807) is 7.11 Å². The Morgan fingerprint density at radius 2 is 2.14 bits per heavy atom. The van der Waals surface area contributed by atoms with Gasteiger partial charge in [-0.2, -0.15) is 5.10 Å². The van der Waals surface area contributed by atoms with E-state index < -0.39 is 0 Å². The van der Waals surface area contributed by atoms with Crippen molar-refractivity contribution in [2.45, 2.75) is 58.0 Å². The largest absolute Gasteiger partial charge is 0.497 e. The Hall–Kier alpha value is -2.07. The highest BCUT2D eigenvalue weighted by atomic mass is 16.5. The first-order valence-electron chi connectivity index (χ1n) is 11.0. The van der Waals surface area contributed by atoms with E-state index in [0.717, 1.165) is 36.3 Å². The number of methoxy groups -OCH3 is 1. The Balaban J connectivity index is 1.47. The van der Waals surface area contributed by atoms with E-state index in [0.29, 0.717) is 17.8 Å². The van der Waals surface area contributed by atoms with Gasteiger partial charge in [0.05, 0.1) is 18.9 Å². The molecule has 2 fully saturated rings. The fourth-order valence-electron chi connectivity index (χ4n) is 6.64. The number of aliphatic hydroxyl groups is 1. The number of ether oxygens (including phenoxy) is 1. The molecule has 154 valence electrons. The molecule has 1 heterocycles. The molecule has 0 aliphatic heterocycles. The summed E-state index contributed by atoms with van der Waals surface area (Å²) in [7, 11) is 3.71. The van der Waals surface area contributed by atoms with Crippen LogP contribution in [0.2, 0.25) is 0 Å². The van der Waals surface area contributed by atoms with Crippen molar-refractivity contribution in [1.29, 1.82) is 0 Å². The third-order valence-electron chi connectivity index (χ3n) is 8.20. The van der Waals surface area contributed by atoms with Crippen LogP contribution in [-0.4, -0.2) is 28.1 Å². The van der Waals surface area contributed by atoms with E-state index in [4.69, 9.17) is 4.74 Å². The number of hydrogen-bond donors (Lipinski definition) is 1. The molecule has 0 amide bonds. The Labute approximate surface area is 173 Å². The van der Waals surface area contributed by atoms with Gasteiger partial charge in [0.15, 0.2) is 0 Å². The van der Waals surface area contributed by atoms with Gasteiger partial charge in [-0.3, -0.25) is 4.68 Å². The predicted molar refractivity (Wildman–Crippen MR) is 115 cm³/mol. The molecular weight excluding hydrogens is 360 g/mol. The van der Waals surface area contributed by atoms with E-state index in [1.165, 1.54) is 29.5 Å². The molecule has 1 aromatic carbocycles. The highest BCUT2D eigenvalue weighted by molar-refractivity contribution is 5.57. The van der Waals surface area contributed by atoms with Crippen LogP contribution in [-0.2, 0) is 13.5 Å². The SMILES string of the molecule is COc1ccc2c(c1)CC[C@@H]1[C@H]2CC[C@]2(C)[C@H](O)/C(=C/c3cn(C)nc3C)C[C@@H]12. The maximum absolute atomic E-state index is 11.3. The van der Waals surface area contributed by atoms with Crippen molar-refractivity contribution >= 4 is 6.08 Å². The normalized spacial score (nSPS) is 34.6. The molecule has 0 saturated heterocycles. The van der Waals surface area contributed by atoms with Gasteiger partial charge in [0, 0.05) is 24.2 Å². The van der Waals surface area contributed by atoms with Crippen LogP contribution in [0.1, 0.15) is 60.9 Å². The highest BCUT2D eigenvalue weighted by Gasteiger charge is 2.56. The minimum atomic E-state index is -0.342. The molecule has 0 unspecified atom stereocenters. The molecule has 1 N–H and O–H groups in total. The first kappa shape index (κ1) is 18.9. The van der Waals surface area contributed by atoms with Crippen molar-refractivity contribution in [3.8, 4) is 5.75 Å². The summed E-state index contributed by atoms with van der Waals surface area (Å²) >= 11 is 0. The van der Waals surface area contributed by atoms with E-state index in [-0.39, 0.29) is 11.5 Å². The minimum Gasteiger partial charge on any atom is -0.497 e. The standard InChI is InChI=1S/C25H32N2O2/c1-15-18(14-27(3)26-15)11-17-13-23-22-7-5-16-12-19(29-4)6-8-20(16)21(22)9-10-25(23,2)24(17)28/h6,8,11-12,14,21-24,28H,5,7,9-10,13H2,1-4H3/b17-11+/t21-,22+,23-,24+,25-/m0/s1. The molecule has 4 nitrogen and oxygen atoms in total. The van der Waals surface area contributed by atoms with Crippen molar-refractivity contribution in [3.63, 3.8) is 0 Å². The lowest BCUT2D eigenvalue weighted by atomic mass is 9.55. The Bertz CT molecular complexity index is 975. The van der Waals surface area contributed by atoms with E-state index in [9.17, 15) is 5.11 Å². The molecule has 1 aromatic heterocycles. The van der Waals surface area contributed by atoms with Gasteiger partial charge >= 0.3 is 0 Å². The predicted octanol–water partition coefficient (Wildman–Crippen LogP) is 4.65. The number of benzene rings is 1. The lowest BCUT2D eigenvalue weighted by Gasteiger charge is -2.49. The monoisotopic (exact) mass is 392 g/mol. The van der Waals surface area contributed by atoms with Crippen molar-refractivity contribution < 1.29 is 9.84 Å². The third-order valence-corrected chi connectivity index (χ3v) is 8.20. The summed E-state index contributed by atoms with van der Waals surface area (Å²) in [5, 5.41) is 15.8. The average Bonchev–Trinajstić information content (AvgIpc) is 3.17. The minimum absolute atomic E-state index is 0.00686. The Kier molecular flexibility index (Phi) is 4.39. The van der Waals surface area contributed by atoms with Crippen LogP contribution >= 0.6 is 0 Å². The second-order valence-corrected chi connectivity index (χ2v) is 9.69. The lowest BCUT2D eigenvalue weighted by molar-refractivity contribution is -0.0158. The van der Waals surface area contributed by atoms with Gasteiger partial charge in [-0.25, -0.2) is 0 Å². The molecule has 2 saturated carbocycles. The van der Waals surface area contributed by atoms with Crippen molar-refractivity contribution in [2.24, 2.45) is 24.3 Å². The average molecular weight is 393 g/mol. The first-order valence-corrected chi connectivity index (χ1v) is 11.0. The van der Waals surface area contributed by atoms with Crippen LogP contribution in [0.3, 0.4) is 0 Å². The summed E-state index contributed by atoms with van der Waals surface area (Å²) in [5.74, 6) is 2.80. The van der Waals surface area contributed by atoms with Gasteiger partial charge in [-0.15, -0.1) is 0 Å². The maximum Gasteiger partial charge on any atom is 0.119 e. The summed E-state index contributed by atoms with van der Waals surface area (Å²) in [5.41, 5.74) is 6.36. The number of rotatable bonds is 2. The molecule has 2 aromatic rings. The first-order chi connectivity index (χ1) is 13.9. The summed E-state index contributed by atoms with van der Waals surface area (Å²) in [4.78, 5) is 0. The molecular formula is C25H32N2O2. The number of aliphatic hydroxyl groups excluding tert-OH is 1. The van der Waals surface area contributed by atoms with E-state index >= 15 is 0 Å². The van der Waals surface area contributed by atoms with Gasteiger partial charge in [0.2, 0.25) is 0 Å². The summed E-state index contributed by atoms with van der Waals surface area (Å²) in [6.07, 6.45) is 9.56. The number of aryl methyl sites for hydroxylation is 3. The van der Waals surface area contributed by atoms with Gasteiger partial charge in [0.25, 0.3) is 0 Å². The van der Waals surface area contributed by atoms with Gasteiger partial charge in [0.1, 0.15) is 5.75 Å². The lowest BCUT2D eigenvalue weighted by Crippen LogP contribution is -2.44. The Morgan fingerprint density at radius 3 is 2.86 bits per heavy atom. The molecule has 3 aliphatic rings. The topological polar surface area (TPSA) is 47.3 Å². The van der Waals surface area contributed by atoms with Crippen LogP contribution in [0, 0.1) is 24.2 Å². The van der Waals surface area contributed by atoms with Crippen molar-refractivity contribution in [3.05, 3.63) is 52.4 Å². The smallest absolute Gasteiger partial charge is 0.119 e. The van der Waals surface area contributed by atoms with Crippen LogP contribution in [0.4, 0.5) is 0 Å². The number of nitrogens with zero attached hydrogens (tertiary/aromatic N) is 2. The third kappa shape index (κ3) is 2.87. The number of fused-ring (bicyclic) bond motifs is 5. The second kappa shape index (κ2) is 6.73. The second-order valence-electron chi connectivity index (χ2n) is 9.69. The number of hydrogen-bond acceptors (Lipinski definition) is 3. The molecule has 0 radical (unpaired) electrons. The summed E-state index contributed by atoms with van der Waals surface area (Å²) < 4.78 is 7.31. The summed E-state index contributed by atoms with van der Waals surface area (Å²) in [6.45, 7) is 4.38. The van der Waals surface area contributed by atoms with Crippen LogP contribution < -0.4 is 4.74 Å². The molecule has 29 heavy (non-hydrogen) atoms. The van der Waals surface area contributed by atoms with Crippen LogP contribution in [0.5, 0.6) is 5.75 Å². The molecule has 5 rings (SSSR count). The highest BCUT2D eigenvalue weighted by Crippen LogP contribution is 2.62. The zero-order valence-corrected chi connectivity index (χ0v) is 18.0. The zero-order valence-electron chi connectivity index (χ0n) is 18.0. The number of aromatic nitrogens is 2. The van der Waals surface area contributed by atoms with Gasteiger partial charge in [-0.1, -0.05) is 13.0 Å². The zero-order chi connectivity index (χ0) is 20.3. The van der Waals surface area contributed by atoms with Crippen LogP contribution in [0.25, 0.3) is 6.08 Å².